The number of carbonyl (C=O) groups is 1. The van der Waals surface area contributed by atoms with E-state index in [2.05, 4.69) is 16.3 Å². The Balaban J connectivity index is 1.56. The van der Waals surface area contributed by atoms with Crippen LogP contribution in [0.3, 0.4) is 0 Å². The van der Waals surface area contributed by atoms with Crippen LogP contribution in [0.25, 0.3) is 0 Å². The average molecular weight is 305 g/mol. The molecule has 2 aliphatic heterocycles. The number of amides is 1. The summed E-state index contributed by atoms with van der Waals surface area (Å²) in [5.41, 5.74) is 1.14. The maximum atomic E-state index is 12.4. The molecule has 0 spiro atoms. The molecule has 1 aromatic carbocycles. The van der Waals surface area contributed by atoms with Crippen LogP contribution in [0.1, 0.15) is 0 Å². The lowest BCUT2D eigenvalue weighted by Gasteiger charge is -2.38. The number of methoxy groups -OCH3 is 1. The van der Waals surface area contributed by atoms with Gasteiger partial charge in [-0.05, 0) is 12.1 Å². The fourth-order valence-electron chi connectivity index (χ4n) is 2.94. The Morgan fingerprint density at radius 1 is 1.32 bits per heavy atom. The van der Waals surface area contributed by atoms with E-state index in [4.69, 9.17) is 9.47 Å². The first kappa shape index (κ1) is 15.1. The van der Waals surface area contributed by atoms with Crippen LogP contribution in [0, 0.1) is 0 Å². The quantitative estimate of drug-likeness (QED) is 0.872. The third-order valence-electron chi connectivity index (χ3n) is 4.23. The summed E-state index contributed by atoms with van der Waals surface area (Å²) in [6.07, 6.45) is 0. The van der Waals surface area contributed by atoms with E-state index in [1.54, 1.807) is 7.11 Å². The third-order valence-corrected chi connectivity index (χ3v) is 4.23. The van der Waals surface area contributed by atoms with Gasteiger partial charge < -0.3 is 24.6 Å². The molecule has 2 saturated heterocycles. The van der Waals surface area contributed by atoms with Gasteiger partial charge in [-0.15, -0.1) is 0 Å². The normalized spacial score (nSPS) is 22.5. The van der Waals surface area contributed by atoms with Crippen molar-refractivity contribution in [1.82, 2.24) is 10.2 Å². The van der Waals surface area contributed by atoms with Gasteiger partial charge in [-0.1, -0.05) is 6.07 Å². The molecule has 2 aliphatic rings. The summed E-state index contributed by atoms with van der Waals surface area (Å²) < 4.78 is 10.6. The van der Waals surface area contributed by atoms with Crippen molar-refractivity contribution >= 4 is 11.6 Å². The zero-order valence-electron chi connectivity index (χ0n) is 13.0. The number of piperazine rings is 1. The minimum Gasteiger partial charge on any atom is -0.497 e. The van der Waals surface area contributed by atoms with Gasteiger partial charge in [0.2, 0.25) is 5.91 Å². The van der Waals surface area contributed by atoms with Gasteiger partial charge in [0.25, 0.3) is 0 Å². The van der Waals surface area contributed by atoms with E-state index in [0.29, 0.717) is 13.2 Å². The van der Waals surface area contributed by atoms with Crippen LogP contribution >= 0.6 is 0 Å². The van der Waals surface area contributed by atoms with E-state index in [1.807, 2.05) is 23.1 Å². The average Bonchev–Trinajstić information content (AvgIpc) is 2.62. The van der Waals surface area contributed by atoms with E-state index in [9.17, 15) is 4.79 Å². The van der Waals surface area contributed by atoms with Gasteiger partial charge >= 0.3 is 0 Å². The van der Waals surface area contributed by atoms with Crippen molar-refractivity contribution in [1.29, 1.82) is 0 Å². The highest BCUT2D eigenvalue weighted by Gasteiger charge is 2.28. The number of nitrogens with zero attached hydrogens (tertiary/aromatic N) is 2. The molecule has 22 heavy (non-hydrogen) atoms. The summed E-state index contributed by atoms with van der Waals surface area (Å²) in [5, 5.41) is 3.23. The summed E-state index contributed by atoms with van der Waals surface area (Å²) in [4.78, 5) is 16.7. The van der Waals surface area contributed by atoms with Crippen LogP contribution in [-0.4, -0.2) is 69.9 Å². The first-order chi connectivity index (χ1) is 10.8. The van der Waals surface area contributed by atoms with Crippen LogP contribution in [0.5, 0.6) is 5.75 Å². The Morgan fingerprint density at radius 3 is 2.82 bits per heavy atom. The molecular weight excluding hydrogens is 282 g/mol. The van der Waals surface area contributed by atoms with Gasteiger partial charge in [-0.3, -0.25) is 4.79 Å². The maximum Gasteiger partial charge on any atom is 0.242 e. The lowest BCUT2D eigenvalue weighted by molar-refractivity contribution is -0.136. The van der Waals surface area contributed by atoms with Crippen LogP contribution in [0.15, 0.2) is 24.3 Å². The minimum absolute atomic E-state index is 0.157. The van der Waals surface area contributed by atoms with Crippen LogP contribution in [0.2, 0.25) is 0 Å². The second-order valence-corrected chi connectivity index (χ2v) is 5.60. The molecule has 1 N–H and O–H groups in total. The highest BCUT2D eigenvalue weighted by Crippen LogP contribution is 2.22. The zero-order chi connectivity index (χ0) is 15.4. The maximum absolute atomic E-state index is 12.4. The van der Waals surface area contributed by atoms with Crippen LogP contribution in [0.4, 0.5) is 5.69 Å². The summed E-state index contributed by atoms with van der Waals surface area (Å²) in [6, 6.07) is 7.87. The Labute approximate surface area is 131 Å². The van der Waals surface area contributed by atoms with Gasteiger partial charge in [-0.25, -0.2) is 0 Å². The van der Waals surface area contributed by atoms with Crippen molar-refractivity contribution in [2.24, 2.45) is 0 Å². The van der Waals surface area contributed by atoms with Crippen LogP contribution < -0.4 is 15.0 Å². The van der Waals surface area contributed by atoms with Crippen molar-refractivity contribution in [3.8, 4) is 5.75 Å². The monoisotopic (exact) mass is 305 g/mol. The topological polar surface area (TPSA) is 54.0 Å². The lowest BCUT2D eigenvalue weighted by Crippen LogP contribution is -2.57. The highest BCUT2D eigenvalue weighted by molar-refractivity contribution is 5.82. The fourth-order valence-corrected chi connectivity index (χ4v) is 2.94. The molecule has 1 unspecified atom stereocenters. The number of morpholine rings is 1. The highest BCUT2D eigenvalue weighted by atomic mass is 16.5. The lowest BCUT2D eigenvalue weighted by atomic mass is 10.2. The van der Waals surface area contributed by atoms with Crippen molar-refractivity contribution in [3.63, 3.8) is 0 Å². The molecule has 0 aliphatic carbocycles. The summed E-state index contributed by atoms with van der Waals surface area (Å²) in [6.45, 7) is 5.09. The predicted molar refractivity (Wildman–Crippen MR) is 84.4 cm³/mol. The van der Waals surface area contributed by atoms with Gasteiger partial charge in [0.1, 0.15) is 11.8 Å². The molecule has 2 fully saturated rings. The molecule has 3 rings (SSSR count). The van der Waals surface area contributed by atoms with Gasteiger partial charge in [0, 0.05) is 44.5 Å². The molecule has 0 bridgehead atoms. The molecule has 6 nitrogen and oxygen atoms in total. The van der Waals surface area contributed by atoms with Crippen molar-refractivity contribution in [3.05, 3.63) is 24.3 Å². The number of hydrogen-bond acceptors (Lipinski definition) is 5. The van der Waals surface area contributed by atoms with Gasteiger partial charge in [0.15, 0.2) is 0 Å². The van der Waals surface area contributed by atoms with E-state index in [-0.39, 0.29) is 11.9 Å². The first-order valence-corrected chi connectivity index (χ1v) is 7.77. The van der Waals surface area contributed by atoms with E-state index < -0.39 is 0 Å². The first-order valence-electron chi connectivity index (χ1n) is 7.77. The Kier molecular flexibility index (Phi) is 4.80. The molecule has 2 heterocycles. The standard InChI is InChI=1S/C16H23N3O3/c1-21-14-4-2-3-13(11-14)18-6-8-19(9-7-18)16(20)15-12-22-10-5-17-15/h2-4,11,15,17H,5-10,12H2,1H3. The second kappa shape index (κ2) is 6.98. The largest absolute Gasteiger partial charge is 0.497 e. The fraction of sp³-hybridized carbons (Fsp3) is 0.562. The summed E-state index contributed by atoms with van der Waals surface area (Å²) in [7, 11) is 1.68. The number of hydrogen-bond donors (Lipinski definition) is 1. The minimum atomic E-state index is -0.183. The smallest absolute Gasteiger partial charge is 0.242 e. The zero-order valence-corrected chi connectivity index (χ0v) is 13.0. The second-order valence-electron chi connectivity index (χ2n) is 5.60. The number of ether oxygens (including phenoxy) is 2. The molecule has 0 saturated carbocycles. The summed E-state index contributed by atoms with van der Waals surface area (Å²) >= 11 is 0. The Bertz CT molecular complexity index is 509. The molecule has 1 aromatic rings. The van der Waals surface area contributed by atoms with Crippen molar-refractivity contribution in [2.45, 2.75) is 6.04 Å². The van der Waals surface area contributed by atoms with Gasteiger partial charge in [-0.2, -0.15) is 0 Å². The number of nitrogens with one attached hydrogen (secondary N) is 1. The number of rotatable bonds is 3. The number of carbonyl (C=O) groups excluding carboxylic acids is 1. The van der Waals surface area contributed by atoms with Crippen molar-refractivity contribution < 1.29 is 14.3 Å². The van der Waals surface area contributed by atoms with E-state index in [0.717, 1.165) is 44.2 Å². The molecule has 120 valence electrons. The third kappa shape index (κ3) is 3.34. The molecule has 1 amide bonds. The Hall–Kier alpha value is -1.79. The number of benzene rings is 1. The number of anilines is 1. The Morgan fingerprint density at radius 2 is 2.14 bits per heavy atom. The van der Waals surface area contributed by atoms with E-state index >= 15 is 0 Å². The van der Waals surface area contributed by atoms with Crippen molar-refractivity contribution in [2.75, 3.05) is 57.9 Å². The van der Waals surface area contributed by atoms with Gasteiger partial charge in [0.05, 0.1) is 20.3 Å². The molecular formula is C16H23N3O3. The van der Waals surface area contributed by atoms with E-state index in [1.165, 1.54) is 0 Å². The molecule has 6 heteroatoms. The predicted octanol–water partition coefficient (Wildman–Crippen LogP) is 0.332. The van der Waals surface area contributed by atoms with Crippen LogP contribution in [-0.2, 0) is 9.53 Å². The SMILES string of the molecule is COc1cccc(N2CCN(C(=O)C3COCCN3)CC2)c1. The molecule has 0 aromatic heterocycles. The molecule has 0 radical (unpaired) electrons. The molecule has 1 atom stereocenters. The summed E-state index contributed by atoms with van der Waals surface area (Å²) in [5.74, 6) is 1.02.